The first-order chi connectivity index (χ1) is 14.0. The number of nitrogens with one attached hydrogen (secondary N) is 1. The molecule has 2 aliphatic carbocycles. The summed E-state index contributed by atoms with van der Waals surface area (Å²) in [5.41, 5.74) is 0.218. The summed E-state index contributed by atoms with van der Waals surface area (Å²) in [6.07, 6.45) is 3.82. The molecule has 1 N–H and O–H groups in total. The summed E-state index contributed by atoms with van der Waals surface area (Å²) in [5.74, 6) is -0.751. The third kappa shape index (κ3) is 3.79. The molecule has 0 saturated heterocycles. The minimum atomic E-state index is -0.528. The van der Waals surface area contributed by atoms with Gasteiger partial charge in [0.25, 0.3) is 5.56 Å². The van der Waals surface area contributed by atoms with Crippen LogP contribution in [0.15, 0.2) is 23.0 Å². The highest BCUT2D eigenvalue weighted by Crippen LogP contribution is 2.40. The second kappa shape index (κ2) is 7.77. The van der Waals surface area contributed by atoms with Crippen molar-refractivity contribution < 1.29 is 23.9 Å². The molecule has 2 aromatic rings. The van der Waals surface area contributed by atoms with Gasteiger partial charge in [0.15, 0.2) is 0 Å². The van der Waals surface area contributed by atoms with E-state index < -0.39 is 5.97 Å². The van der Waals surface area contributed by atoms with Gasteiger partial charge in [0, 0.05) is 11.8 Å². The molecule has 1 aromatic heterocycles. The highest BCUT2D eigenvalue weighted by Gasteiger charge is 2.41. The number of benzene rings is 1. The summed E-state index contributed by atoms with van der Waals surface area (Å²) < 4.78 is 10.1. The van der Waals surface area contributed by atoms with Crippen LogP contribution in [-0.2, 0) is 25.7 Å². The Kier molecular flexibility index (Phi) is 5.17. The number of ketones is 1. The number of nitrogens with zero attached hydrogens (tertiary/aromatic N) is 1. The summed E-state index contributed by atoms with van der Waals surface area (Å²) in [7, 11) is 1.27. The molecule has 1 heterocycles. The number of Topliss-reactive ketones (excluding diaryl/α,β-unsaturated/α-hetero) is 1. The predicted molar refractivity (Wildman–Crippen MR) is 102 cm³/mol. The molecule has 0 aliphatic heterocycles. The summed E-state index contributed by atoms with van der Waals surface area (Å²) in [6, 6.07) is 4.46. The average molecular weight is 398 g/mol. The molecule has 2 atom stereocenters. The van der Waals surface area contributed by atoms with Gasteiger partial charge in [-0.15, -0.1) is 0 Å². The number of hydrogen-bond acceptors (Lipinski definition) is 7. The fourth-order valence-electron chi connectivity index (χ4n) is 4.43. The van der Waals surface area contributed by atoms with Crippen LogP contribution in [0.2, 0.25) is 0 Å². The third-order valence-electron chi connectivity index (χ3n) is 5.91. The minimum Gasteiger partial charge on any atom is -0.465 e. The highest BCUT2D eigenvalue weighted by atomic mass is 16.5. The normalized spacial score (nSPS) is 23.6. The van der Waals surface area contributed by atoms with Crippen LogP contribution in [0.3, 0.4) is 0 Å². The van der Waals surface area contributed by atoms with Crippen molar-refractivity contribution >= 4 is 28.6 Å². The van der Waals surface area contributed by atoms with Crippen LogP contribution in [0.5, 0.6) is 0 Å². The van der Waals surface area contributed by atoms with E-state index in [0.29, 0.717) is 29.5 Å². The van der Waals surface area contributed by atoms with Crippen molar-refractivity contribution in [3.8, 4) is 0 Å². The molecule has 0 spiro atoms. The zero-order chi connectivity index (χ0) is 20.5. The molecule has 2 fully saturated rings. The van der Waals surface area contributed by atoms with E-state index in [-0.39, 0.29) is 47.3 Å². The van der Waals surface area contributed by atoms with Crippen molar-refractivity contribution in [1.82, 2.24) is 9.97 Å². The lowest BCUT2D eigenvalue weighted by Crippen LogP contribution is -2.39. The Morgan fingerprint density at radius 3 is 2.59 bits per heavy atom. The summed E-state index contributed by atoms with van der Waals surface area (Å²) in [4.78, 5) is 55.6. The molecule has 152 valence electrons. The molecule has 4 rings (SSSR count). The van der Waals surface area contributed by atoms with Gasteiger partial charge >= 0.3 is 11.9 Å². The summed E-state index contributed by atoms with van der Waals surface area (Å²) in [6.45, 7) is -0.174. The Morgan fingerprint density at radius 1 is 1.17 bits per heavy atom. The molecule has 0 radical (unpaired) electrons. The van der Waals surface area contributed by atoms with Gasteiger partial charge in [0.2, 0.25) is 0 Å². The van der Waals surface area contributed by atoms with Crippen LogP contribution >= 0.6 is 0 Å². The predicted octanol–water partition coefficient (Wildman–Crippen LogP) is 2.15. The Labute approximate surface area is 166 Å². The average Bonchev–Trinajstić information content (AvgIpc) is 2.70. The molecule has 2 saturated carbocycles. The second-order valence-corrected chi connectivity index (χ2v) is 7.74. The lowest BCUT2D eigenvalue weighted by molar-refractivity contribution is -0.155. The minimum absolute atomic E-state index is 0.0320. The maximum atomic E-state index is 12.5. The van der Waals surface area contributed by atoms with Gasteiger partial charge in [0.05, 0.1) is 29.5 Å². The van der Waals surface area contributed by atoms with Crippen molar-refractivity contribution in [3.05, 3.63) is 39.9 Å². The van der Waals surface area contributed by atoms with Gasteiger partial charge in [-0.3, -0.25) is 14.4 Å². The molecule has 2 bridgehead atoms. The Hall–Kier alpha value is -3.03. The molecule has 8 nitrogen and oxygen atoms in total. The Bertz CT molecular complexity index is 1030. The van der Waals surface area contributed by atoms with Crippen LogP contribution in [0, 0.1) is 17.8 Å². The number of H-pyrrole nitrogens is 1. The molecular weight excluding hydrogens is 376 g/mol. The number of methoxy groups -OCH3 is 1. The van der Waals surface area contributed by atoms with Gasteiger partial charge < -0.3 is 14.5 Å². The molecule has 8 heteroatoms. The Morgan fingerprint density at radius 2 is 1.90 bits per heavy atom. The maximum Gasteiger partial charge on any atom is 0.337 e. The first-order valence-corrected chi connectivity index (χ1v) is 9.78. The zero-order valence-corrected chi connectivity index (χ0v) is 16.1. The molecule has 0 unspecified atom stereocenters. The highest BCUT2D eigenvalue weighted by molar-refractivity contribution is 5.94. The number of aromatic amines is 1. The van der Waals surface area contributed by atoms with Crippen molar-refractivity contribution in [2.45, 2.75) is 38.7 Å². The fraction of sp³-hybridized carbons (Fsp3) is 0.476. The van der Waals surface area contributed by atoms with Crippen LogP contribution in [0.4, 0.5) is 0 Å². The van der Waals surface area contributed by atoms with Crippen molar-refractivity contribution in [2.24, 2.45) is 17.8 Å². The molecule has 2 aliphatic rings. The number of carbonyl (C=O) groups excluding carboxylic acids is 3. The molecule has 1 aromatic carbocycles. The number of carbonyl (C=O) groups is 3. The van der Waals surface area contributed by atoms with E-state index in [4.69, 9.17) is 4.74 Å². The number of aromatic nitrogens is 2. The third-order valence-corrected chi connectivity index (χ3v) is 5.91. The Balaban J connectivity index is 1.48. The van der Waals surface area contributed by atoms with E-state index in [1.54, 1.807) is 0 Å². The number of fused-ring (bicyclic) bond motifs is 3. The van der Waals surface area contributed by atoms with E-state index in [1.165, 1.54) is 25.3 Å². The van der Waals surface area contributed by atoms with Crippen LogP contribution < -0.4 is 5.56 Å². The van der Waals surface area contributed by atoms with E-state index in [0.717, 1.165) is 19.3 Å². The van der Waals surface area contributed by atoms with Crippen LogP contribution in [-0.4, -0.2) is 34.8 Å². The lowest BCUT2D eigenvalue weighted by atomic mass is 9.67. The van der Waals surface area contributed by atoms with Gasteiger partial charge in [0.1, 0.15) is 18.2 Å². The topological polar surface area (TPSA) is 115 Å². The second-order valence-electron chi connectivity index (χ2n) is 7.74. The molecule has 0 amide bonds. The van der Waals surface area contributed by atoms with Crippen LogP contribution in [0.25, 0.3) is 10.9 Å². The first-order valence-electron chi connectivity index (χ1n) is 9.78. The van der Waals surface area contributed by atoms with E-state index >= 15 is 0 Å². The largest absolute Gasteiger partial charge is 0.465 e. The SMILES string of the molecule is COC(=O)c1ccc2c(=O)[nH]c(COC(=O)C3C[C@@H]4CCC[C@@H](C3)C4=O)nc2c1. The van der Waals surface area contributed by atoms with Crippen molar-refractivity contribution in [1.29, 1.82) is 0 Å². The smallest absolute Gasteiger partial charge is 0.337 e. The molecule has 29 heavy (non-hydrogen) atoms. The van der Waals surface area contributed by atoms with E-state index in [9.17, 15) is 19.2 Å². The van der Waals surface area contributed by atoms with Crippen molar-refractivity contribution in [3.63, 3.8) is 0 Å². The number of ether oxygens (including phenoxy) is 2. The maximum absolute atomic E-state index is 12.5. The monoisotopic (exact) mass is 398 g/mol. The van der Waals surface area contributed by atoms with Gasteiger partial charge in [-0.1, -0.05) is 6.42 Å². The quantitative estimate of drug-likeness (QED) is 0.785. The van der Waals surface area contributed by atoms with Gasteiger partial charge in [-0.05, 0) is 43.9 Å². The fourth-order valence-corrected chi connectivity index (χ4v) is 4.43. The van der Waals surface area contributed by atoms with E-state index in [2.05, 4.69) is 14.7 Å². The van der Waals surface area contributed by atoms with E-state index in [1.807, 2.05) is 0 Å². The summed E-state index contributed by atoms with van der Waals surface area (Å²) in [5, 5.41) is 0.325. The number of esters is 2. The zero-order valence-electron chi connectivity index (χ0n) is 16.1. The van der Waals surface area contributed by atoms with Gasteiger partial charge in [-0.2, -0.15) is 0 Å². The lowest BCUT2D eigenvalue weighted by Gasteiger charge is -2.36. The number of rotatable bonds is 4. The van der Waals surface area contributed by atoms with Gasteiger partial charge in [-0.25, -0.2) is 9.78 Å². The first kappa shape index (κ1) is 19.3. The van der Waals surface area contributed by atoms with Crippen molar-refractivity contribution in [2.75, 3.05) is 7.11 Å². The number of hydrogen-bond donors (Lipinski definition) is 1. The summed E-state index contributed by atoms with van der Waals surface area (Å²) >= 11 is 0. The van der Waals surface area contributed by atoms with Crippen LogP contribution in [0.1, 0.15) is 48.3 Å². The standard InChI is InChI=1S/C21H22N2O6/c1-28-20(26)13-5-6-15-16(9-13)22-17(23-19(15)25)10-29-21(27)14-7-11-3-2-4-12(8-14)18(11)24/h5-6,9,11-12,14H,2-4,7-8,10H2,1H3,(H,22,23,25)/t11-,12-/m0/s1. The molecular formula is C21H22N2O6.